The second-order valence-corrected chi connectivity index (χ2v) is 11.2. The van der Waals surface area contributed by atoms with Crippen LogP contribution < -0.4 is 4.90 Å². The zero-order valence-corrected chi connectivity index (χ0v) is 19.3. The van der Waals surface area contributed by atoms with Gasteiger partial charge in [-0.25, -0.2) is 0 Å². The molecule has 4 saturated carbocycles. The highest BCUT2D eigenvalue weighted by Gasteiger charge is 2.55. The number of hydrogen-bond acceptors (Lipinski definition) is 2. The van der Waals surface area contributed by atoms with Gasteiger partial charge < -0.3 is 9.80 Å². The highest BCUT2D eigenvalue weighted by atomic mass is 15.4. The molecule has 0 amide bonds. The largest absolute Gasteiger partial charge is 0.337 e. The lowest BCUT2D eigenvalue weighted by atomic mass is 9.52. The summed E-state index contributed by atoms with van der Waals surface area (Å²) in [6.07, 6.45) is 8.62. The van der Waals surface area contributed by atoms with Crippen molar-refractivity contribution in [2.75, 3.05) is 4.90 Å². The van der Waals surface area contributed by atoms with Crippen molar-refractivity contribution in [1.82, 2.24) is 4.90 Å². The van der Waals surface area contributed by atoms with E-state index in [1.165, 1.54) is 66.7 Å². The fourth-order valence-electron chi connectivity index (χ4n) is 7.36. The maximum Gasteiger partial charge on any atom is 0.213 e. The summed E-state index contributed by atoms with van der Waals surface area (Å²) in [7, 11) is 0. The fourth-order valence-corrected chi connectivity index (χ4v) is 7.36. The third kappa shape index (κ3) is 2.96. The van der Waals surface area contributed by atoms with Crippen molar-refractivity contribution in [3.63, 3.8) is 0 Å². The van der Waals surface area contributed by atoms with Crippen molar-refractivity contribution in [3.05, 3.63) is 47.4 Å². The Morgan fingerprint density at radius 1 is 0.828 bits per heavy atom. The molecule has 2 heteroatoms. The Balaban J connectivity index is 1.54. The standard InChI is InChI=1S/C27H38N2/c1-17(2)24-8-7-9-25(18(3)4)26(24)28-16-29(20(6)19(28)5)27-13-21-10-22(14-27)12-23(11-21)15-27/h7-9,17-18,21-23H,10-15H2,1-6H3. The van der Waals surface area contributed by atoms with Gasteiger partial charge in [0.05, 0.1) is 5.69 Å². The van der Waals surface area contributed by atoms with Crippen LogP contribution in [0.15, 0.2) is 29.6 Å². The molecule has 0 saturated heterocycles. The topological polar surface area (TPSA) is 6.48 Å². The lowest BCUT2D eigenvalue weighted by Crippen LogP contribution is -2.58. The van der Waals surface area contributed by atoms with Gasteiger partial charge >= 0.3 is 0 Å². The zero-order valence-electron chi connectivity index (χ0n) is 19.3. The van der Waals surface area contributed by atoms with Crippen LogP contribution in [0.4, 0.5) is 5.69 Å². The van der Waals surface area contributed by atoms with Crippen molar-refractivity contribution in [2.24, 2.45) is 17.8 Å². The van der Waals surface area contributed by atoms with Crippen LogP contribution in [0.3, 0.4) is 0 Å². The van der Waals surface area contributed by atoms with E-state index in [0.717, 1.165) is 17.8 Å². The molecule has 2 radical (unpaired) electrons. The summed E-state index contributed by atoms with van der Waals surface area (Å²) in [5.74, 6) is 3.89. The number of para-hydroxylation sites is 1. The van der Waals surface area contributed by atoms with Crippen LogP contribution >= 0.6 is 0 Å². The van der Waals surface area contributed by atoms with Crippen molar-refractivity contribution in [2.45, 2.75) is 97.4 Å². The minimum Gasteiger partial charge on any atom is -0.337 e. The van der Waals surface area contributed by atoms with Crippen LogP contribution in [0.5, 0.6) is 0 Å². The molecular weight excluding hydrogens is 352 g/mol. The van der Waals surface area contributed by atoms with E-state index >= 15 is 0 Å². The van der Waals surface area contributed by atoms with E-state index in [4.69, 9.17) is 0 Å². The molecule has 6 rings (SSSR count). The number of anilines is 1. The Labute approximate surface area is 178 Å². The van der Waals surface area contributed by atoms with Crippen LogP contribution in [-0.4, -0.2) is 10.4 Å². The number of nitrogens with zero attached hydrogens (tertiary/aromatic N) is 2. The molecule has 1 aromatic rings. The summed E-state index contributed by atoms with van der Waals surface area (Å²) in [4.78, 5) is 5.05. The molecule has 1 heterocycles. The smallest absolute Gasteiger partial charge is 0.213 e. The third-order valence-corrected chi connectivity index (χ3v) is 8.44. The van der Waals surface area contributed by atoms with E-state index in [9.17, 15) is 0 Å². The van der Waals surface area contributed by atoms with E-state index in [-0.39, 0.29) is 0 Å². The maximum absolute atomic E-state index is 3.95. The number of benzene rings is 1. The lowest BCUT2D eigenvalue weighted by Gasteiger charge is -2.60. The third-order valence-electron chi connectivity index (χ3n) is 8.44. The summed E-state index contributed by atoms with van der Waals surface area (Å²) >= 11 is 0. The molecule has 1 aromatic carbocycles. The fraction of sp³-hybridized carbons (Fsp3) is 0.667. The normalized spacial score (nSPS) is 33.7. The van der Waals surface area contributed by atoms with E-state index < -0.39 is 0 Å². The van der Waals surface area contributed by atoms with Gasteiger partial charge in [-0.15, -0.1) is 0 Å². The molecule has 2 nitrogen and oxygen atoms in total. The average molecular weight is 391 g/mol. The van der Waals surface area contributed by atoms with E-state index in [1.54, 1.807) is 0 Å². The van der Waals surface area contributed by atoms with Crippen molar-refractivity contribution >= 4 is 5.69 Å². The predicted molar refractivity (Wildman–Crippen MR) is 121 cm³/mol. The van der Waals surface area contributed by atoms with Crippen LogP contribution in [0.1, 0.15) is 103 Å². The molecule has 29 heavy (non-hydrogen) atoms. The molecule has 0 aromatic heterocycles. The van der Waals surface area contributed by atoms with Gasteiger partial charge in [-0.2, -0.15) is 0 Å². The van der Waals surface area contributed by atoms with E-state index in [2.05, 4.69) is 76.2 Å². The van der Waals surface area contributed by atoms with Gasteiger partial charge in [0.15, 0.2) is 0 Å². The van der Waals surface area contributed by atoms with Gasteiger partial charge in [-0.1, -0.05) is 45.9 Å². The molecule has 4 bridgehead atoms. The second-order valence-electron chi connectivity index (χ2n) is 11.2. The predicted octanol–water partition coefficient (Wildman–Crippen LogP) is 7.27. The number of allylic oxidation sites excluding steroid dienone is 2. The molecule has 5 aliphatic rings. The Hall–Kier alpha value is -1.44. The quantitative estimate of drug-likeness (QED) is 0.533. The minimum absolute atomic E-state index is 0.333. The zero-order chi connectivity index (χ0) is 20.5. The molecule has 0 unspecified atom stereocenters. The van der Waals surface area contributed by atoms with Gasteiger partial charge in [0, 0.05) is 16.9 Å². The minimum atomic E-state index is 0.333. The molecule has 156 valence electrons. The first-order chi connectivity index (χ1) is 13.8. The van der Waals surface area contributed by atoms with Gasteiger partial charge in [-0.3, -0.25) is 0 Å². The van der Waals surface area contributed by atoms with Gasteiger partial charge in [0.25, 0.3) is 0 Å². The summed E-state index contributed by atoms with van der Waals surface area (Å²) in [5.41, 5.74) is 7.42. The monoisotopic (exact) mass is 390 g/mol. The Morgan fingerprint density at radius 2 is 1.31 bits per heavy atom. The lowest BCUT2D eigenvalue weighted by molar-refractivity contribution is -0.0634. The maximum atomic E-state index is 3.95. The molecule has 0 N–H and O–H groups in total. The Morgan fingerprint density at radius 3 is 1.76 bits per heavy atom. The first kappa shape index (κ1) is 19.5. The van der Waals surface area contributed by atoms with Gasteiger partial charge in [-0.05, 0) is 93.1 Å². The van der Waals surface area contributed by atoms with E-state index in [1.807, 2.05) is 0 Å². The number of rotatable bonds is 4. The Bertz CT molecular complexity index is 769. The van der Waals surface area contributed by atoms with Crippen LogP contribution in [0, 0.1) is 24.4 Å². The first-order valence-electron chi connectivity index (χ1n) is 12.0. The van der Waals surface area contributed by atoms with E-state index in [0.29, 0.717) is 17.4 Å². The van der Waals surface area contributed by atoms with Gasteiger partial charge in [0.2, 0.25) is 6.67 Å². The summed E-state index contributed by atoms with van der Waals surface area (Å²) in [6.45, 7) is 17.9. The molecule has 1 aliphatic heterocycles. The first-order valence-corrected chi connectivity index (χ1v) is 12.0. The highest BCUT2D eigenvalue weighted by Crippen LogP contribution is 2.60. The summed E-state index contributed by atoms with van der Waals surface area (Å²) < 4.78 is 0. The highest BCUT2D eigenvalue weighted by molar-refractivity contribution is 5.68. The van der Waals surface area contributed by atoms with Crippen LogP contribution in [0.25, 0.3) is 0 Å². The molecule has 4 fully saturated rings. The van der Waals surface area contributed by atoms with Crippen molar-refractivity contribution < 1.29 is 0 Å². The summed E-state index contributed by atoms with van der Waals surface area (Å²) in [6, 6.07) is 6.89. The van der Waals surface area contributed by atoms with Crippen molar-refractivity contribution in [3.8, 4) is 0 Å². The van der Waals surface area contributed by atoms with Gasteiger partial charge in [0.1, 0.15) is 0 Å². The molecule has 0 spiro atoms. The molecule has 0 atom stereocenters. The SMILES string of the molecule is CC1=C(C)N(C23CC4CC(CC(C4)C2)C3)[C]N1c1c(C(C)C)cccc1C(C)C. The Kier molecular flexibility index (Phi) is 4.57. The van der Waals surface area contributed by atoms with Crippen LogP contribution in [0.2, 0.25) is 0 Å². The average Bonchev–Trinajstić information content (AvgIpc) is 2.95. The van der Waals surface area contributed by atoms with Crippen LogP contribution in [-0.2, 0) is 0 Å². The number of hydrogen-bond donors (Lipinski definition) is 0. The molecule has 4 aliphatic carbocycles. The summed E-state index contributed by atoms with van der Waals surface area (Å²) in [5, 5.41) is 0. The van der Waals surface area contributed by atoms with Crippen molar-refractivity contribution in [1.29, 1.82) is 0 Å². The molecular formula is C27H38N2. The second kappa shape index (κ2) is 6.79.